The van der Waals surface area contributed by atoms with E-state index in [1.807, 2.05) is 0 Å². The first-order valence-corrected chi connectivity index (χ1v) is 4.66. The number of aliphatic hydroxyl groups excluding tert-OH is 1. The molecule has 0 atom stereocenters. The summed E-state index contributed by atoms with van der Waals surface area (Å²) < 4.78 is 0. The number of hydrogen-bond donors (Lipinski definition) is 2. The van der Waals surface area contributed by atoms with Crippen molar-refractivity contribution in [3.05, 3.63) is 0 Å². The van der Waals surface area contributed by atoms with E-state index in [2.05, 4.69) is 5.32 Å². The van der Waals surface area contributed by atoms with Crippen molar-refractivity contribution in [1.29, 1.82) is 0 Å². The van der Waals surface area contributed by atoms with Crippen molar-refractivity contribution < 1.29 is 5.11 Å². The second-order valence-electron chi connectivity index (χ2n) is 4.23. The van der Waals surface area contributed by atoms with Gasteiger partial charge >= 0.3 is 0 Å². The molecule has 0 unspecified atom stereocenters. The molecule has 0 spiro atoms. The molecule has 2 heteroatoms. The Kier molecular flexibility index (Phi) is 1.90. The van der Waals surface area contributed by atoms with E-state index in [-0.39, 0.29) is 5.41 Å². The third-order valence-corrected chi connectivity index (χ3v) is 3.43. The molecule has 0 amide bonds. The van der Waals surface area contributed by atoms with Crippen molar-refractivity contribution >= 4 is 0 Å². The van der Waals surface area contributed by atoms with Gasteiger partial charge in [0.1, 0.15) is 0 Å². The normalized spacial score (nSPS) is 43.9. The number of fused-ring (bicyclic) bond motifs is 4. The molecule has 2 heterocycles. The molecule has 0 aromatic carbocycles. The lowest BCUT2D eigenvalue weighted by atomic mass is 9.72. The van der Waals surface area contributed by atoms with Gasteiger partial charge in [-0.2, -0.15) is 0 Å². The molecule has 0 radical (unpaired) electrons. The molecule has 1 aliphatic carbocycles. The predicted molar refractivity (Wildman–Crippen MR) is 44.3 cm³/mol. The van der Waals surface area contributed by atoms with Crippen LogP contribution in [0.25, 0.3) is 0 Å². The lowest BCUT2D eigenvalue weighted by Crippen LogP contribution is -2.35. The van der Waals surface area contributed by atoms with Crippen molar-refractivity contribution in [2.75, 3.05) is 19.7 Å². The summed E-state index contributed by atoms with van der Waals surface area (Å²) in [5.41, 5.74) is 0.257. The molecule has 64 valence electrons. The molecular weight excluding hydrogens is 138 g/mol. The van der Waals surface area contributed by atoms with Crippen LogP contribution >= 0.6 is 0 Å². The Morgan fingerprint density at radius 1 is 1.36 bits per heavy atom. The standard InChI is InChI=1S/C9H17NO/c11-7-9-3-1-8(2-4-9)5-10-6-9/h8,10-11H,1-7H2. The highest BCUT2D eigenvalue weighted by Gasteiger charge is 2.37. The summed E-state index contributed by atoms with van der Waals surface area (Å²) in [7, 11) is 0. The largest absolute Gasteiger partial charge is 0.396 e. The van der Waals surface area contributed by atoms with E-state index in [4.69, 9.17) is 0 Å². The Hall–Kier alpha value is -0.0800. The monoisotopic (exact) mass is 155 g/mol. The van der Waals surface area contributed by atoms with Crippen molar-refractivity contribution in [3.63, 3.8) is 0 Å². The predicted octanol–water partition coefficient (Wildman–Crippen LogP) is 0.758. The lowest BCUT2D eigenvalue weighted by Gasteiger charge is -2.34. The highest BCUT2D eigenvalue weighted by atomic mass is 16.3. The summed E-state index contributed by atoms with van der Waals surface area (Å²) in [5.74, 6) is 0.900. The number of nitrogens with one attached hydrogen (secondary N) is 1. The number of hydrogen-bond acceptors (Lipinski definition) is 2. The zero-order chi connectivity index (χ0) is 7.73. The van der Waals surface area contributed by atoms with E-state index in [1.54, 1.807) is 0 Å². The van der Waals surface area contributed by atoms with Crippen LogP contribution < -0.4 is 5.32 Å². The molecule has 2 nitrogen and oxygen atoms in total. The summed E-state index contributed by atoms with van der Waals surface area (Å²) in [6, 6.07) is 0. The van der Waals surface area contributed by atoms with E-state index < -0.39 is 0 Å². The maximum Gasteiger partial charge on any atom is 0.0499 e. The minimum Gasteiger partial charge on any atom is -0.396 e. The van der Waals surface area contributed by atoms with Gasteiger partial charge in [0.2, 0.25) is 0 Å². The van der Waals surface area contributed by atoms with E-state index in [0.29, 0.717) is 6.61 Å². The fourth-order valence-corrected chi connectivity index (χ4v) is 2.43. The van der Waals surface area contributed by atoms with Crippen molar-refractivity contribution in [2.45, 2.75) is 25.7 Å². The Bertz CT molecular complexity index is 133. The average molecular weight is 155 g/mol. The first-order valence-electron chi connectivity index (χ1n) is 4.66. The molecule has 1 saturated carbocycles. The Balaban J connectivity index is 2.10. The number of aliphatic hydroxyl groups is 1. The fraction of sp³-hybridized carbons (Fsp3) is 1.00. The molecule has 3 aliphatic rings. The maximum absolute atomic E-state index is 9.25. The minimum absolute atomic E-state index is 0.257. The minimum atomic E-state index is 0.257. The lowest BCUT2D eigenvalue weighted by molar-refractivity contribution is 0.0862. The van der Waals surface area contributed by atoms with E-state index in [1.165, 1.54) is 32.2 Å². The Morgan fingerprint density at radius 3 is 2.73 bits per heavy atom. The zero-order valence-electron chi connectivity index (χ0n) is 6.97. The van der Waals surface area contributed by atoms with Gasteiger partial charge in [0.15, 0.2) is 0 Å². The second-order valence-corrected chi connectivity index (χ2v) is 4.23. The van der Waals surface area contributed by atoms with Gasteiger partial charge in [0.05, 0.1) is 0 Å². The van der Waals surface area contributed by atoms with Crippen LogP contribution in [0.3, 0.4) is 0 Å². The second kappa shape index (κ2) is 2.76. The van der Waals surface area contributed by atoms with E-state index in [9.17, 15) is 5.11 Å². The molecule has 2 saturated heterocycles. The highest BCUT2D eigenvalue weighted by Crippen LogP contribution is 2.40. The molecule has 11 heavy (non-hydrogen) atoms. The molecule has 3 fully saturated rings. The molecule has 0 aromatic rings. The fourth-order valence-electron chi connectivity index (χ4n) is 2.43. The van der Waals surface area contributed by atoms with Gasteiger partial charge in [-0.15, -0.1) is 0 Å². The van der Waals surface area contributed by atoms with Crippen molar-refractivity contribution in [1.82, 2.24) is 5.32 Å². The molecule has 2 aliphatic heterocycles. The first kappa shape index (κ1) is 7.56. The molecule has 2 bridgehead atoms. The Morgan fingerprint density at radius 2 is 2.09 bits per heavy atom. The van der Waals surface area contributed by atoms with Gasteiger partial charge in [0, 0.05) is 18.6 Å². The van der Waals surface area contributed by atoms with Gasteiger partial charge in [0.25, 0.3) is 0 Å². The van der Waals surface area contributed by atoms with Gasteiger partial charge in [-0.3, -0.25) is 0 Å². The summed E-state index contributed by atoms with van der Waals surface area (Å²) >= 11 is 0. The quantitative estimate of drug-likeness (QED) is 0.586. The summed E-state index contributed by atoms with van der Waals surface area (Å²) in [6.45, 7) is 2.61. The Labute approximate surface area is 68.0 Å². The van der Waals surface area contributed by atoms with Crippen molar-refractivity contribution in [3.8, 4) is 0 Å². The topological polar surface area (TPSA) is 32.3 Å². The summed E-state index contributed by atoms with van der Waals surface area (Å²) in [5, 5.41) is 12.7. The van der Waals surface area contributed by atoms with Gasteiger partial charge < -0.3 is 10.4 Å². The van der Waals surface area contributed by atoms with Crippen LogP contribution in [0.1, 0.15) is 25.7 Å². The average Bonchev–Trinajstić information content (AvgIpc) is 2.37. The van der Waals surface area contributed by atoms with Crippen LogP contribution in [0, 0.1) is 11.3 Å². The summed E-state index contributed by atoms with van der Waals surface area (Å²) in [6.07, 6.45) is 5.13. The number of rotatable bonds is 1. The van der Waals surface area contributed by atoms with Gasteiger partial charge in [-0.05, 0) is 38.1 Å². The van der Waals surface area contributed by atoms with Crippen molar-refractivity contribution in [2.24, 2.45) is 11.3 Å². The molecule has 2 N–H and O–H groups in total. The van der Waals surface area contributed by atoms with Gasteiger partial charge in [-0.25, -0.2) is 0 Å². The molecule has 3 rings (SSSR count). The molecule has 0 aromatic heterocycles. The third kappa shape index (κ3) is 1.30. The van der Waals surface area contributed by atoms with Crippen LogP contribution in [-0.2, 0) is 0 Å². The van der Waals surface area contributed by atoms with Crippen LogP contribution in [0.4, 0.5) is 0 Å². The van der Waals surface area contributed by atoms with Crippen LogP contribution in [0.2, 0.25) is 0 Å². The smallest absolute Gasteiger partial charge is 0.0499 e. The van der Waals surface area contributed by atoms with E-state index in [0.717, 1.165) is 12.5 Å². The first-order chi connectivity index (χ1) is 5.35. The van der Waals surface area contributed by atoms with Crippen LogP contribution in [0.5, 0.6) is 0 Å². The third-order valence-electron chi connectivity index (χ3n) is 3.43. The van der Waals surface area contributed by atoms with Gasteiger partial charge in [-0.1, -0.05) is 0 Å². The highest BCUT2D eigenvalue weighted by molar-refractivity contribution is 4.90. The zero-order valence-corrected chi connectivity index (χ0v) is 6.97. The SMILES string of the molecule is OCC12CCC(CC1)CNC2. The van der Waals surface area contributed by atoms with Crippen LogP contribution in [-0.4, -0.2) is 24.8 Å². The van der Waals surface area contributed by atoms with E-state index >= 15 is 0 Å². The van der Waals surface area contributed by atoms with Crippen LogP contribution in [0.15, 0.2) is 0 Å². The maximum atomic E-state index is 9.25. The molecular formula is C9H17NO. The summed E-state index contributed by atoms with van der Waals surface area (Å²) in [4.78, 5) is 0.